The molecule has 4 fully saturated rings. The van der Waals surface area contributed by atoms with Crippen molar-refractivity contribution >= 4 is 11.7 Å². The van der Waals surface area contributed by atoms with E-state index < -0.39 is 0 Å². The number of benzene rings is 1. The Kier molecular flexibility index (Phi) is 5.55. The summed E-state index contributed by atoms with van der Waals surface area (Å²) in [6.45, 7) is 6.42. The van der Waals surface area contributed by atoms with Crippen LogP contribution in [0.3, 0.4) is 0 Å². The normalized spacial score (nSPS) is 25.7. The van der Waals surface area contributed by atoms with Crippen molar-refractivity contribution in [3.63, 3.8) is 0 Å². The van der Waals surface area contributed by atoms with Gasteiger partial charge in [-0.25, -0.2) is 0 Å². The first-order valence-corrected chi connectivity index (χ1v) is 10.9. The second-order valence-corrected chi connectivity index (χ2v) is 8.28. The molecule has 2 aromatic rings. The minimum Gasteiger partial charge on any atom is -0.439 e. The highest BCUT2D eigenvalue weighted by atomic mass is 16.5. The molecular formula is C23H28N4O3. The molecule has 1 aromatic carbocycles. The number of carbonyl (C=O) groups excluding carboxylic acids is 1. The Bertz CT molecular complexity index is 874. The maximum atomic E-state index is 12.7. The van der Waals surface area contributed by atoms with Gasteiger partial charge >= 0.3 is 0 Å². The molecule has 7 heteroatoms. The summed E-state index contributed by atoms with van der Waals surface area (Å²) in [5.41, 5.74) is 0.661. The lowest BCUT2D eigenvalue weighted by molar-refractivity contribution is 0.0620. The first kappa shape index (κ1) is 19.3. The summed E-state index contributed by atoms with van der Waals surface area (Å²) in [5.74, 6) is 2.72. The fourth-order valence-corrected chi connectivity index (χ4v) is 4.60. The first-order valence-electron chi connectivity index (χ1n) is 10.9. The van der Waals surface area contributed by atoms with Crippen LogP contribution in [0.2, 0.25) is 0 Å². The Morgan fingerprint density at radius 1 is 1.03 bits per heavy atom. The molecule has 158 valence electrons. The molecule has 1 amide bonds. The second kappa shape index (κ2) is 8.62. The number of aromatic nitrogens is 1. The van der Waals surface area contributed by atoms with Gasteiger partial charge in [-0.1, -0.05) is 6.07 Å². The zero-order chi connectivity index (χ0) is 20.3. The van der Waals surface area contributed by atoms with Gasteiger partial charge in [-0.3, -0.25) is 4.79 Å². The molecule has 6 rings (SSSR count). The molecule has 5 heterocycles. The Morgan fingerprint density at radius 3 is 2.50 bits per heavy atom. The summed E-state index contributed by atoms with van der Waals surface area (Å²) in [4.78, 5) is 21.9. The number of amides is 1. The van der Waals surface area contributed by atoms with E-state index in [1.807, 2.05) is 42.5 Å². The fourth-order valence-electron chi connectivity index (χ4n) is 4.60. The van der Waals surface area contributed by atoms with Gasteiger partial charge in [0, 0.05) is 37.3 Å². The molecule has 4 aliphatic rings. The van der Waals surface area contributed by atoms with Gasteiger partial charge < -0.3 is 24.6 Å². The number of nitrogens with one attached hydrogen (secondary N) is 1. The second-order valence-electron chi connectivity index (χ2n) is 8.28. The number of hydrogen-bond donors (Lipinski definition) is 1. The summed E-state index contributed by atoms with van der Waals surface area (Å²) in [6.07, 6.45) is 2.38. The van der Waals surface area contributed by atoms with E-state index in [1.165, 1.54) is 25.9 Å². The molecule has 1 N–H and O–H groups in total. The number of hydrogen-bond acceptors (Lipinski definition) is 6. The molecule has 4 aliphatic heterocycles. The summed E-state index contributed by atoms with van der Waals surface area (Å²) < 4.78 is 11.3. The van der Waals surface area contributed by atoms with Crippen LogP contribution in [0.1, 0.15) is 23.2 Å². The Hall–Kier alpha value is -2.64. The van der Waals surface area contributed by atoms with Gasteiger partial charge in [0.25, 0.3) is 5.91 Å². The minimum atomic E-state index is -0.00672. The van der Waals surface area contributed by atoms with Crippen molar-refractivity contribution in [3.8, 4) is 11.6 Å². The van der Waals surface area contributed by atoms with Gasteiger partial charge in [0.2, 0.25) is 5.88 Å². The van der Waals surface area contributed by atoms with Gasteiger partial charge in [-0.15, -0.1) is 0 Å². The zero-order valence-electron chi connectivity index (χ0n) is 17.1. The molecule has 1 aromatic heterocycles. The lowest BCUT2D eigenvalue weighted by atomic mass is 9.84. The number of piperidine rings is 3. The Morgan fingerprint density at radius 2 is 1.80 bits per heavy atom. The largest absolute Gasteiger partial charge is 0.439 e. The highest BCUT2D eigenvalue weighted by Crippen LogP contribution is 2.28. The number of morpholine rings is 1. The highest BCUT2D eigenvalue weighted by molar-refractivity contribution is 5.94. The molecular weight excluding hydrogens is 380 g/mol. The van der Waals surface area contributed by atoms with Crippen molar-refractivity contribution in [2.24, 2.45) is 5.92 Å². The van der Waals surface area contributed by atoms with Crippen LogP contribution in [-0.4, -0.2) is 67.8 Å². The number of ether oxygens (including phenoxy) is 2. The minimum absolute atomic E-state index is 0.00672. The first-order chi connectivity index (χ1) is 14.7. The molecule has 7 nitrogen and oxygen atoms in total. The van der Waals surface area contributed by atoms with Crippen molar-refractivity contribution in [2.45, 2.75) is 18.9 Å². The van der Waals surface area contributed by atoms with Crippen molar-refractivity contribution < 1.29 is 14.3 Å². The predicted octanol–water partition coefficient (Wildman–Crippen LogP) is 2.53. The Balaban J connectivity index is 1.20. The van der Waals surface area contributed by atoms with Crippen LogP contribution in [0.5, 0.6) is 11.6 Å². The van der Waals surface area contributed by atoms with Gasteiger partial charge in [0.1, 0.15) is 11.6 Å². The molecule has 1 atom stereocenters. The van der Waals surface area contributed by atoms with Crippen molar-refractivity contribution in [1.82, 2.24) is 15.2 Å². The van der Waals surface area contributed by atoms with Crippen LogP contribution in [0.25, 0.3) is 0 Å². The van der Waals surface area contributed by atoms with Gasteiger partial charge in [-0.05, 0) is 62.2 Å². The third-order valence-corrected chi connectivity index (χ3v) is 6.36. The van der Waals surface area contributed by atoms with Crippen LogP contribution in [0.4, 0.5) is 5.82 Å². The third-order valence-electron chi connectivity index (χ3n) is 6.36. The molecule has 1 unspecified atom stereocenters. The number of anilines is 1. The number of rotatable bonds is 5. The molecule has 0 radical (unpaired) electrons. The maximum Gasteiger partial charge on any atom is 0.251 e. The standard InChI is InChI=1S/C23H28N4O3/c28-23(24-20-16-26-10-8-17(20)9-11-26)18-4-6-19(7-5-18)30-22-3-1-2-21(25-22)27-12-14-29-15-13-27/h1-7,17,20H,8-16H2,(H,24,28). The zero-order valence-corrected chi connectivity index (χ0v) is 17.1. The molecule has 0 saturated carbocycles. The van der Waals surface area contributed by atoms with Crippen LogP contribution >= 0.6 is 0 Å². The quantitative estimate of drug-likeness (QED) is 0.820. The monoisotopic (exact) mass is 408 g/mol. The van der Waals surface area contributed by atoms with E-state index in [2.05, 4.69) is 20.1 Å². The van der Waals surface area contributed by atoms with Crippen LogP contribution in [0, 0.1) is 5.92 Å². The maximum absolute atomic E-state index is 12.7. The summed E-state index contributed by atoms with van der Waals surface area (Å²) in [7, 11) is 0. The highest BCUT2D eigenvalue weighted by Gasteiger charge is 2.34. The topological polar surface area (TPSA) is 66.9 Å². The molecule has 0 aliphatic carbocycles. The summed E-state index contributed by atoms with van der Waals surface area (Å²) in [6, 6.07) is 13.3. The number of pyridine rings is 1. The number of nitrogens with zero attached hydrogens (tertiary/aromatic N) is 3. The van der Waals surface area contributed by atoms with E-state index >= 15 is 0 Å². The average molecular weight is 409 g/mol. The number of fused-ring (bicyclic) bond motifs is 3. The van der Waals surface area contributed by atoms with E-state index in [0.29, 0.717) is 23.1 Å². The lowest BCUT2D eigenvalue weighted by Gasteiger charge is -2.44. The van der Waals surface area contributed by atoms with Gasteiger partial charge in [-0.2, -0.15) is 4.98 Å². The van der Waals surface area contributed by atoms with Gasteiger partial charge in [0.05, 0.1) is 13.2 Å². The van der Waals surface area contributed by atoms with E-state index in [1.54, 1.807) is 0 Å². The average Bonchev–Trinajstić information content (AvgIpc) is 2.81. The molecule has 2 bridgehead atoms. The molecule has 0 spiro atoms. The summed E-state index contributed by atoms with van der Waals surface area (Å²) in [5, 5.41) is 3.23. The third kappa shape index (κ3) is 4.27. The van der Waals surface area contributed by atoms with Crippen LogP contribution in [-0.2, 0) is 4.74 Å². The molecule has 4 saturated heterocycles. The Labute approximate surface area is 177 Å². The molecule has 30 heavy (non-hydrogen) atoms. The lowest BCUT2D eigenvalue weighted by Crippen LogP contribution is -2.57. The summed E-state index contributed by atoms with van der Waals surface area (Å²) >= 11 is 0. The van der Waals surface area contributed by atoms with Gasteiger partial charge in [0.15, 0.2) is 0 Å². The van der Waals surface area contributed by atoms with Crippen LogP contribution < -0.4 is 15.0 Å². The van der Waals surface area contributed by atoms with E-state index in [0.717, 1.165) is 38.7 Å². The van der Waals surface area contributed by atoms with E-state index in [4.69, 9.17) is 9.47 Å². The van der Waals surface area contributed by atoms with Crippen molar-refractivity contribution in [2.75, 3.05) is 50.8 Å². The smallest absolute Gasteiger partial charge is 0.251 e. The van der Waals surface area contributed by atoms with E-state index in [9.17, 15) is 4.79 Å². The van der Waals surface area contributed by atoms with E-state index in [-0.39, 0.29) is 11.9 Å². The fraction of sp³-hybridized carbons (Fsp3) is 0.478. The number of carbonyl (C=O) groups is 1. The van der Waals surface area contributed by atoms with Crippen molar-refractivity contribution in [1.29, 1.82) is 0 Å². The SMILES string of the molecule is O=C(NC1CN2CCC1CC2)c1ccc(Oc2cccc(N3CCOCC3)n2)cc1. The van der Waals surface area contributed by atoms with Crippen molar-refractivity contribution in [3.05, 3.63) is 48.0 Å². The predicted molar refractivity (Wildman–Crippen MR) is 114 cm³/mol. The van der Waals surface area contributed by atoms with Crippen LogP contribution in [0.15, 0.2) is 42.5 Å².